The van der Waals surface area contributed by atoms with E-state index in [1.165, 1.54) is 19.3 Å². The van der Waals surface area contributed by atoms with Gasteiger partial charge in [0.15, 0.2) is 0 Å². The third-order valence-electron chi connectivity index (χ3n) is 2.82. The number of methoxy groups -OCH3 is 1. The molecule has 0 amide bonds. The number of hydrogen-bond donors (Lipinski definition) is 0. The normalized spacial score (nSPS) is 15.8. The van der Waals surface area contributed by atoms with Crippen molar-refractivity contribution in [3.05, 3.63) is 30.3 Å². The topological polar surface area (TPSA) is 26.3 Å². The van der Waals surface area contributed by atoms with Gasteiger partial charge in [-0.1, -0.05) is 37.5 Å². The Morgan fingerprint density at radius 1 is 1.12 bits per heavy atom. The van der Waals surface area contributed by atoms with Gasteiger partial charge in [0, 0.05) is 5.92 Å². The minimum Gasteiger partial charge on any atom is -0.497 e. The minimum absolute atomic E-state index is 0.406. The molecule has 1 aromatic rings. The minimum atomic E-state index is 0.406. The van der Waals surface area contributed by atoms with Crippen molar-refractivity contribution in [3.63, 3.8) is 0 Å². The van der Waals surface area contributed by atoms with Crippen molar-refractivity contribution in [3.8, 4) is 5.75 Å². The number of benzene rings is 1. The summed E-state index contributed by atoms with van der Waals surface area (Å²) in [5, 5.41) is 0. The van der Waals surface area contributed by atoms with Crippen molar-refractivity contribution in [2.75, 3.05) is 7.11 Å². The zero-order valence-electron chi connectivity index (χ0n) is 9.89. The molecule has 0 spiro atoms. The maximum absolute atomic E-state index is 10.2. The van der Waals surface area contributed by atoms with Crippen LogP contribution >= 0.6 is 0 Å². The van der Waals surface area contributed by atoms with Crippen molar-refractivity contribution in [2.24, 2.45) is 5.92 Å². The van der Waals surface area contributed by atoms with Gasteiger partial charge in [0.2, 0.25) is 0 Å². The number of carbonyl (C=O) groups is 1. The summed E-state index contributed by atoms with van der Waals surface area (Å²) in [6.45, 7) is 0. The molecule has 0 bridgehead atoms. The summed E-state index contributed by atoms with van der Waals surface area (Å²) in [7, 11) is 1.66. The van der Waals surface area contributed by atoms with E-state index in [0.717, 1.165) is 24.9 Å². The molecule has 16 heavy (non-hydrogen) atoms. The van der Waals surface area contributed by atoms with Crippen LogP contribution in [0.3, 0.4) is 0 Å². The number of carbonyl (C=O) groups excluding carboxylic acids is 1. The Morgan fingerprint density at radius 3 is 2.12 bits per heavy atom. The van der Waals surface area contributed by atoms with Gasteiger partial charge in [-0.25, -0.2) is 0 Å². The molecular formula is C14H20O2. The van der Waals surface area contributed by atoms with Crippen LogP contribution in [0.25, 0.3) is 0 Å². The van der Waals surface area contributed by atoms with Crippen LogP contribution in [0, 0.1) is 5.92 Å². The van der Waals surface area contributed by atoms with Crippen LogP contribution in [0.15, 0.2) is 30.3 Å². The van der Waals surface area contributed by atoms with Gasteiger partial charge in [-0.15, -0.1) is 0 Å². The van der Waals surface area contributed by atoms with Gasteiger partial charge < -0.3 is 9.53 Å². The fraction of sp³-hybridized carbons (Fsp3) is 0.500. The van der Waals surface area contributed by atoms with E-state index in [4.69, 9.17) is 4.74 Å². The SMILES string of the molecule is COc1ccccc1.O=CC1CCCCC1. The number of ether oxygens (including phenoxy) is 1. The first kappa shape index (κ1) is 12.8. The maximum Gasteiger partial charge on any atom is 0.123 e. The smallest absolute Gasteiger partial charge is 0.123 e. The summed E-state index contributed by atoms with van der Waals surface area (Å²) in [5.74, 6) is 1.32. The molecule has 1 aromatic carbocycles. The van der Waals surface area contributed by atoms with Crippen molar-refractivity contribution in [1.29, 1.82) is 0 Å². The Morgan fingerprint density at radius 2 is 1.75 bits per heavy atom. The lowest BCUT2D eigenvalue weighted by atomic mass is 9.91. The fourth-order valence-corrected chi connectivity index (χ4v) is 1.83. The Labute approximate surface area is 97.6 Å². The van der Waals surface area contributed by atoms with Crippen molar-refractivity contribution in [2.45, 2.75) is 32.1 Å². The highest BCUT2D eigenvalue weighted by Gasteiger charge is 2.10. The molecule has 0 N–H and O–H groups in total. The van der Waals surface area contributed by atoms with Gasteiger partial charge in [-0.3, -0.25) is 0 Å². The maximum atomic E-state index is 10.2. The Balaban J connectivity index is 0.000000160. The van der Waals surface area contributed by atoms with E-state index >= 15 is 0 Å². The molecule has 0 radical (unpaired) electrons. The van der Waals surface area contributed by atoms with E-state index in [1.54, 1.807) is 7.11 Å². The van der Waals surface area contributed by atoms with Gasteiger partial charge >= 0.3 is 0 Å². The number of para-hydroxylation sites is 1. The highest BCUT2D eigenvalue weighted by atomic mass is 16.5. The summed E-state index contributed by atoms with van der Waals surface area (Å²) < 4.78 is 4.91. The van der Waals surface area contributed by atoms with Crippen LogP contribution in [0.1, 0.15) is 32.1 Å². The van der Waals surface area contributed by atoms with Gasteiger partial charge in [0.25, 0.3) is 0 Å². The van der Waals surface area contributed by atoms with Gasteiger partial charge in [-0.2, -0.15) is 0 Å². The average molecular weight is 220 g/mol. The van der Waals surface area contributed by atoms with Crippen LogP contribution in [-0.2, 0) is 4.79 Å². The quantitative estimate of drug-likeness (QED) is 0.713. The number of aldehydes is 1. The number of rotatable bonds is 2. The fourth-order valence-electron chi connectivity index (χ4n) is 1.83. The largest absolute Gasteiger partial charge is 0.497 e. The Kier molecular flexibility index (Phi) is 6.31. The lowest BCUT2D eigenvalue weighted by Gasteiger charge is -2.14. The average Bonchev–Trinajstić information content (AvgIpc) is 2.41. The van der Waals surface area contributed by atoms with Gasteiger partial charge in [-0.05, 0) is 25.0 Å². The molecule has 0 atom stereocenters. The molecule has 0 heterocycles. The monoisotopic (exact) mass is 220 g/mol. The zero-order valence-corrected chi connectivity index (χ0v) is 9.89. The van der Waals surface area contributed by atoms with Gasteiger partial charge in [0.1, 0.15) is 12.0 Å². The van der Waals surface area contributed by atoms with Crippen LogP contribution in [0.5, 0.6) is 5.75 Å². The Bertz CT molecular complexity index is 276. The molecule has 0 saturated heterocycles. The third kappa shape index (κ3) is 4.96. The van der Waals surface area contributed by atoms with Crippen molar-refractivity contribution >= 4 is 6.29 Å². The number of hydrogen-bond acceptors (Lipinski definition) is 2. The second kappa shape index (κ2) is 7.91. The molecule has 1 aliphatic carbocycles. The molecule has 0 unspecified atom stereocenters. The van der Waals surface area contributed by atoms with E-state index in [2.05, 4.69) is 0 Å². The Hall–Kier alpha value is -1.31. The second-order valence-electron chi connectivity index (χ2n) is 4.05. The molecule has 1 fully saturated rings. The third-order valence-corrected chi connectivity index (χ3v) is 2.82. The lowest BCUT2D eigenvalue weighted by Crippen LogP contribution is -2.06. The summed E-state index contributed by atoms with van der Waals surface area (Å²) in [5.41, 5.74) is 0. The highest BCUT2D eigenvalue weighted by molar-refractivity contribution is 5.53. The van der Waals surface area contributed by atoms with E-state index in [1.807, 2.05) is 30.3 Å². The second-order valence-corrected chi connectivity index (χ2v) is 4.05. The lowest BCUT2D eigenvalue weighted by molar-refractivity contribution is -0.111. The van der Waals surface area contributed by atoms with Crippen LogP contribution in [-0.4, -0.2) is 13.4 Å². The van der Waals surface area contributed by atoms with Crippen molar-refractivity contribution in [1.82, 2.24) is 0 Å². The van der Waals surface area contributed by atoms with Crippen LogP contribution in [0.2, 0.25) is 0 Å². The molecule has 88 valence electrons. The molecule has 0 aromatic heterocycles. The molecule has 2 heteroatoms. The van der Waals surface area contributed by atoms with E-state index in [0.29, 0.717) is 5.92 Å². The highest BCUT2D eigenvalue weighted by Crippen LogP contribution is 2.21. The van der Waals surface area contributed by atoms with Crippen LogP contribution < -0.4 is 4.74 Å². The first-order chi connectivity index (χ1) is 7.86. The summed E-state index contributed by atoms with van der Waals surface area (Å²) in [6, 6.07) is 9.68. The first-order valence-electron chi connectivity index (χ1n) is 5.91. The van der Waals surface area contributed by atoms with Crippen molar-refractivity contribution < 1.29 is 9.53 Å². The standard InChI is InChI=1S/C7H8O.C7H12O/c1-8-7-5-3-2-4-6-7;8-6-7-4-2-1-3-5-7/h2-6H,1H3;6-7H,1-5H2. The summed E-state index contributed by atoms with van der Waals surface area (Å²) in [6.07, 6.45) is 7.27. The molecule has 2 nitrogen and oxygen atoms in total. The summed E-state index contributed by atoms with van der Waals surface area (Å²) in [4.78, 5) is 10.2. The molecular weight excluding hydrogens is 200 g/mol. The predicted octanol–water partition coefficient (Wildman–Crippen LogP) is 3.46. The molecule has 0 aliphatic heterocycles. The summed E-state index contributed by atoms with van der Waals surface area (Å²) >= 11 is 0. The molecule has 1 aliphatic rings. The van der Waals surface area contributed by atoms with Crippen LogP contribution in [0.4, 0.5) is 0 Å². The van der Waals surface area contributed by atoms with E-state index in [-0.39, 0.29) is 0 Å². The first-order valence-corrected chi connectivity index (χ1v) is 5.91. The van der Waals surface area contributed by atoms with Gasteiger partial charge in [0.05, 0.1) is 7.11 Å². The molecule has 1 saturated carbocycles. The van der Waals surface area contributed by atoms with E-state index in [9.17, 15) is 4.79 Å². The zero-order chi connectivity index (χ0) is 11.6. The molecule has 2 rings (SSSR count). The van der Waals surface area contributed by atoms with E-state index < -0.39 is 0 Å². The predicted molar refractivity (Wildman–Crippen MR) is 65.6 cm³/mol.